The van der Waals surface area contributed by atoms with Crippen molar-refractivity contribution in [3.63, 3.8) is 0 Å². The maximum absolute atomic E-state index is 12.4. The summed E-state index contributed by atoms with van der Waals surface area (Å²) in [5, 5.41) is 0. The van der Waals surface area contributed by atoms with E-state index in [0.29, 0.717) is 13.1 Å². The molecule has 1 aromatic rings. The first-order valence-corrected chi connectivity index (χ1v) is 6.79. The number of carbonyl (C=O) groups is 1. The average Bonchev–Trinajstić information content (AvgIpc) is 2.46. The molecule has 0 aliphatic rings. The lowest BCUT2D eigenvalue weighted by Gasteiger charge is -2.25. The zero-order valence-electron chi connectivity index (χ0n) is 12.1. The number of carbonyl (C=O) groups excluding carboxylic acids is 1. The van der Waals surface area contributed by atoms with Crippen LogP contribution in [0.2, 0.25) is 0 Å². The highest BCUT2D eigenvalue weighted by molar-refractivity contribution is 5.94. The van der Waals surface area contributed by atoms with E-state index in [4.69, 9.17) is 10.5 Å². The number of methoxy groups -OCH3 is 1. The number of nitrogens with zero attached hydrogens (tertiary/aromatic N) is 1. The Balaban J connectivity index is 2.97. The van der Waals surface area contributed by atoms with Gasteiger partial charge in [-0.25, -0.2) is 0 Å². The van der Waals surface area contributed by atoms with Crippen LogP contribution in [0.15, 0.2) is 24.3 Å². The topological polar surface area (TPSA) is 55.6 Å². The van der Waals surface area contributed by atoms with E-state index in [9.17, 15) is 4.79 Å². The van der Waals surface area contributed by atoms with Crippen LogP contribution in [0.5, 0.6) is 5.75 Å². The second-order valence-corrected chi connectivity index (χ2v) is 4.64. The molecule has 4 heteroatoms. The van der Waals surface area contributed by atoms with Crippen molar-refractivity contribution >= 4 is 11.6 Å². The first-order valence-electron chi connectivity index (χ1n) is 6.79. The molecular weight excluding hydrogens is 240 g/mol. The van der Waals surface area contributed by atoms with E-state index in [1.165, 1.54) is 0 Å². The van der Waals surface area contributed by atoms with E-state index in [1.54, 1.807) is 7.11 Å². The Morgan fingerprint density at radius 2 is 2.21 bits per heavy atom. The van der Waals surface area contributed by atoms with Gasteiger partial charge in [0.2, 0.25) is 5.91 Å². The molecule has 0 saturated heterocycles. The highest BCUT2D eigenvalue weighted by Gasteiger charge is 2.20. The van der Waals surface area contributed by atoms with Crippen LogP contribution in [-0.4, -0.2) is 26.1 Å². The van der Waals surface area contributed by atoms with Crippen molar-refractivity contribution in [1.82, 2.24) is 0 Å². The quantitative estimate of drug-likeness (QED) is 0.823. The van der Waals surface area contributed by atoms with Crippen molar-refractivity contribution in [2.75, 3.05) is 25.1 Å². The molecule has 1 atom stereocenters. The fourth-order valence-electron chi connectivity index (χ4n) is 1.83. The average molecular weight is 264 g/mol. The van der Waals surface area contributed by atoms with Gasteiger partial charge in [0.1, 0.15) is 5.75 Å². The second-order valence-electron chi connectivity index (χ2n) is 4.64. The zero-order chi connectivity index (χ0) is 14.3. The van der Waals surface area contributed by atoms with E-state index in [2.05, 4.69) is 0 Å². The number of nitrogens with two attached hydrogens (primary N) is 1. The van der Waals surface area contributed by atoms with Crippen LogP contribution in [0.3, 0.4) is 0 Å². The van der Waals surface area contributed by atoms with Crippen molar-refractivity contribution in [3.8, 4) is 5.75 Å². The van der Waals surface area contributed by atoms with Crippen LogP contribution in [0.25, 0.3) is 0 Å². The molecule has 0 fully saturated rings. The van der Waals surface area contributed by atoms with Crippen molar-refractivity contribution < 1.29 is 9.53 Å². The van der Waals surface area contributed by atoms with Gasteiger partial charge >= 0.3 is 0 Å². The van der Waals surface area contributed by atoms with Crippen molar-refractivity contribution in [3.05, 3.63) is 24.3 Å². The normalized spacial score (nSPS) is 12.0. The summed E-state index contributed by atoms with van der Waals surface area (Å²) >= 11 is 0. The summed E-state index contributed by atoms with van der Waals surface area (Å²) in [6, 6.07) is 7.59. The van der Waals surface area contributed by atoms with Crippen LogP contribution in [0.1, 0.15) is 26.7 Å². The lowest BCUT2D eigenvalue weighted by atomic mass is 10.1. The maximum atomic E-state index is 12.4. The Labute approximate surface area is 115 Å². The smallest absolute Gasteiger partial charge is 0.229 e. The van der Waals surface area contributed by atoms with Gasteiger partial charge in [-0.3, -0.25) is 4.79 Å². The summed E-state index contributed by atoms with van der Waals surface area (Å²) in [6.07, 6.45) is 1.63. The molecular formula is C15H24N2O2. The largest absolute Gasteiger partial charge is 0.497 e. The molecule has 0 bridgehead atoms. The van der Waals surface area contributed by atoms with Crippen LogP contribution in [-0.2, 0) is 4.79 Å². The van der Waals surface area contributed by atoms with Crippen LogP contribution in [0, 0.1) is 5.92 Å². The number of hydrogen-bond acceptors (Lipinski definition) is 3. The molecule has 0 aromatic heterocycles. The van der Waals surface area contributed by atoms with Gasteiger partial charge in [0.05, 0.1) is 7.11 Å². The Morgan fingerprint density at radius 1 is 1.47 bits per heavy atom. The van der Waals surface area contributed by atoms with Gasteiger partial charge in [-0.2, -0.15) is 0 Å². The summed E-state index contributed by atoms with van der Waals surface area (Å²) in [6.45, 7) is 5.20. The standard InChI is InChI=1S/C15H24N2O2/c1-4-12(2)15(18)17(10-6-9-16)13-7-5-8-14(11-13)19-3/h5,7-8,11-12H,4,6,9-10,16H2,1-3H3. The third-order valence-electron chi connectivity index (χ3n) is 3.25. The van der Waals surface area contributed by atoms with Crippen LogP contribution >= 0.6 is 0 Å². The maximum Gasteiger partial charge on any atom is 0.229 e. The summed E-state index contributed by atoms with van der Waals surface area (Å²) in [7, 11) is 1.62. The SMILES string of the molecule is CCC(C)C(=O)N(CCCN)c1cccc(OC)c1. The Bertz CT molecular complexity index is 407. The molecule has 4 nitrogen and oxygen atoms in total. The zero-order valence-corrected chi connectivity index (χ0v) is 12.1. The predicted molar refractivity (Wildman–Crippen MR) is 78.5 cm³/mol. The monoisotopic (exact) mass is 264 g/mol. The summed E-state index contributed by atoms with van der Waals surface area (Å²) in [5.41, 5.74) is 6.43. The first-order chi connectivity index (χ1) is 9.13. The van der Waals surface area contributed by atoms with Gasteiger partial charge in [-0.05, 0) is 31.5 Å². The molecule has 2 N–H and O–H groups in total. The molecule has 0 aliphatic heterocycles. The molecule has 0 heterocycles. The molecule has 0 aliphatic carbocycles. The minimum atomic E-state index is 0.0176. The summed E-state index contributed by atoms with van der Waals surface area (Å²) < 4.78 is 5.21. The fourth-order valence-corrected chi connectivity index (χ4v) is 1.83. The predicted octanol–water partition coefficient (Wildman–Crippen LogP) is 2.42. The van der Waals surface area contributed by atoms with Crippen molar-refractivity contribution in [1.29, 1.82) is 0 Å². The lowest BCUT2D eigenvalue weighted by Crippen LogP contribution is -2.36. The van der Waals surface area contributed by atoms with Gasteiger partial charge in [-0.1, -0.05) is 19.9 Å². The number of rotatable bonds is 7. The molecule has 0 radical (unpaired) electrons. The molecule has 1 unspecified atom stereocenters. The van der Waals surface area contributed by atoms with Gasteiger partial charge < -0.3 is 15.4 Å². The number of hydrogen-bond donors (Lipinski definition) is 1. The Hall–Kier alpha value is -1.55. The molecule has 0 saturated carbocycles. The van der Waals surface area contributed by atoms with Crippen LogP contribution < -0.4 is 15.4 Å². The Kier molecular flexibility index (Phi) is 6.36. The van der Waals surface area contributed by atoms with Gasteiger partial charge in [0, 0.05) is 24.2 Å². The third-order valence-corrected chi connectivity index (χ3v) is 3.25. The highest BCUT2D eigenvalue weighted by Crippen LogP contribution is 2.23. The first kappa shape index (κ1) is 15.5. The second kappa shape index (κ2) is 7.79. The highest BCUT2D eigenvalue weighted by atomic mass is 16.5. The van der Waals surface area contributed by atoms with E-state index in [0.717, 1.165) is 24.3 Å². The molecule has 0 spiro atoms. The van der Waals surface area contributed by atoms with E-state index < -0.39 is 0 Å². The van der Waals surface area contributed by atoms with E-state index >= 15 is 0 Å². The fraction of sp³-hybridized carbons (Fsp3) is 0.533. The van der Waals surface area contributed by atoms with Crippen molar-refractivity contribution in [2.45, 2.75) is 26.7 Å². The molecule has 106 valence electrons. The minimum Gasteiger partial charge on any atom is -0.497 e. The summed E-state index contributed by atoms with van der Waals surface area (Å²) in [5.74, 6) is 0.917. The molecule has 19 heavy (non-hydrogen) atoms. The van der Waals surface area contributed by atoms with Crippen molar-refractivity contribution in [2.24, 2.45) is 11.7 Å². The number of anilines is 1. The van der Waals surface area contributed by atoms with Gasteiger partial charge in [0.15, 0.2) is 0 Å². The van der Waals surface area contributed by atoms with Crippen LogP contribution in [0.4, 0.5) is 5.69 Å². The third kappa shape index (κ3) is 4.24. The van der Waals surface area contributed by atoms with Gasteiger partial charge in [-0.15, -0.1) is 0 Å². The number of amides is 1. The van der Waals surface area contributed by atoms with E-state index in [1.807, 2.05) is 43.0 Å². The number of benzene rings is 1. The lowest BCUT2D eigenvalue weighted by molar-refractivity contribution is -0.122. The van der Waals surface area contributed by atoms with Gasteiger partial charge in [0.25, 0.3) is 0 Å². The molecule has 1 amide bonds. The van der Waals surface area contributed by atoms with E-state index in [-0.39, 0.29) is 11.8 Å². The molecule has 1 aromatic carbocycles. The summed E-state index contributed by atoms with van der Waals surface area (Å²) in [4.78, 5) is 14.2. The molecule has 1 rings (SSSR count). The number of ether oxygens (including phenoxy) is 1. The minimum absolute atomic E-state index is 0.0176. The Morgan fingerprint density at radius 3 is 2.79 bits per heavy atom.